The van der Waals surface area contributed by atoms with Gasteiger partial charge in [0.05, 0.1) is 11.8 Å². The first kappa shape index (κ1) is 21.9. The van der Waals surface area contributed by atoms with Gasteiger partial charge in [0, 0.05) is 5.69 Å². The quantitative estimate of drug-likeness (QED) is 0.387. The number of carbonyl (C=O) groups is 4. The van der Waals surface area contributed by atoms with Crippen LogP contribution in [0, 0.1) is 23.7 Å². The number of imide groups is 1. The van der Waals surface area contributed by atoms with Crippen LogP contribution < -0.4 is 10.1 Å². The van der Waals surface area contributed by atoms with Crippen molar-refractivity contribution in [3.05, 3.63) is 66.7 Å². The summed E-state index contributed by atoms with van der Waals surface area (Å²) in [6.07, 6.45) is 4.81. The minimum absolute atomic E-state index is 0.0647. The van der Waals surface area contributed by atoms with Crippen molar-refractivity contribution < 1.29 is 28.7 Å². The van der Waals surface area contributed by atoms with E-state index >= 15 is 0 Å². The number of carbonyl (C=O) groups excluding carboxylic acids is 4. The molecular formula is C26H24N2O6. The lowest BCUT2D eigenvalue weighted by Gasteiger charge is -2.23. The fourth-order valence-corrected chi connectivity index (χ4v) is 5.10. The van der Waals surface area contributed by atoms with Crippen molar-refractivity contribution >= 4 is 29.4 Å². The van der Waals surface area contributed by atoms with Gasteiger partial charge in [0.1, 0.15) is 17.5 Å². The van der Waals surface area contributed by atoms with Crippen LogP contribution in [0.15, 0.2) is 66.7 Å². The number of nitrogens with one attached hydrogen (secondary N) is 1. The zero-order valence-corrected chi connectivity index (χ0v) is 18.5. The summed E-state index contributed by atoms with van der Waals surface area (Å²) in [5.41, 5.74) is 0.509. The Morgan fingerprint density at radius 2 is 1.53 bits per heavy atom. The predicted molar refractivity (Wildman–Crippen MR) is 122 cm³/mol. The number of ether oxygens (including phenoxy) is 2. The van der Waals surface area contributed by atoms with E-state index in [9.17, 15) is 19.2 Å². The number of fused-ring (bicyclic) bond motifs is 5. The normalized spacial score (nSPS) is 25.3. The summed E-state index contributed by atoms with van der Waals surface area (Å²) in [4.78, 5) is 51.4. The Bertz CT molecular complexity index is 1130. The van der Waals surface area contributed by atoms with Crippen molar-refractivity contribution in [1.29, 1.82) is 0 Å². The van der Waals surface area contributed by atoms with Crippen LogP contribution in [-0.4, -0.2) is 41.2 Å². The fraction of sp³-hybridized carbons (Fsp3) is 0.308. The topological polar surface area (TPSA) is 102 Å². The molecule has 8 heteroatoms. The summed E-state index contributed by atoms with van der Waals surface area (Å²) in [5, 5.41) is 2.64. The molecule has 0 radical (unpaired) electrons. The maximum Gasteiger partial charge on any atom is 0.329 e. The first-order chi connectivity index (χ1) is 16.4. The van der Waals surface area contributed by atoms with E-state index in [-0.39, 0.29) is 35.5 Å². The molecular weight excluding hydrogens is 436 g/mol. The second-order valence-corrected chi connectivity index (χ2v) is 8.82. The maximum absolute atomic E-state index is 12.8. The number of hydrogen-bond donors (Lipinski definition) is 1. The van der Waals surface area contributed by atoms with Crippen LogP contribution in [0.1, 0.15) is 13.3 Å². The van der Waals surface area contributed by atoms with Gasteiger partial charge in [-0.3, -0.25) is 19.3 Å². The average molecular weight is 460 g/mol. The summed E-state index contributed by atoms with van der Waals surface area (Å²) >= 11 is 0. The molecule has 5 rings (SSSR count). The molecule has 1 heterocycles. The second-order valence-electron chi connectivity index (χ2n) is 8.82. The molecule has 3 aliphatic rings. The van der Waals surface area contributed by atoms with Gasteiger partial charge in [-0.25, -0.2) is 4.79 Å². The summed E-state index contributed by atoms with van der Waals surface area (Å²) in [5.74, 6) is -1.29. The smallest absolute Gasteiger partial charge is 0.329 e. The Morgan fingerprint density at radius 3 is 2.15 bits per heavy atom. The predicted octanol–water partition coefficient (Wildman–Crippen LogP) is 3.16. The highest BCUT2D eigenvalue weighted by Crippen LogP contribution is 2.52. The standard InChI is InChI=1S/C26H24N2O6/c1-15(28-24(30)22-16-7-8-17(13-16)23(22)25(28)31)26(32)33-14-21(29)27-18-9-11-20(12-10-18)34-19-5-3-2-4-6-19/h2-12,15-17,22-23H,13-14H2,1H3,(H,27,29)/t15-,16+,17+,22-,23-/m1/s1. The van der Waals surface area contributed by atoms with Crippen LogP contribution in [0.2, 0.25) is 0 Å². The van der Waals surface area contributed by atoms with Gasteiger partial charge < -0.3 is 14.8 Å². The molecule has 0 spiro atoms. The molecule has 3 amide bonds. The Hall–Kier alpha value is -3.94. The Kier molecular flexibility index (Phi) is 5.65. The number of anilines is 1. The van der Waals surface area contributed by atoms with Crippen molar-refractivity contribution in [2.75, 3.05) is 11.9 Å². The monoisotopic (exact) mass is 460 g/mol. The Balaban J connectivity index is 1.12. The van der Waals surface area contributed by atoms with E-state index in [0.717, 1.165) is 11.3 Å². The molecule has 1 saturated carbocycles. The third-order valence-corrected chi connectivity index (χ3v) is 6.70. The highest BCUT2D eigenvalue weighted by molar-refractivity contribution is 6.09. The Labute approximate surface area is 196 Å². The molecule has 2 fully saturated rings. The summed E-state index contributed by atoms with van der Waals surface area (Å²) in [6, 6.07) is 15.0. The number of benzene rings is 2. The lowest BCUT2D eigenvalue weighted by molar-refractivity contribution is -0.159. The lowest BCUT2D eigenvalue weighted by atomic mass is 9.85. The van der Waals surface area contributed by atoms with Crippen molar-refractivity contribution in [2.24, 2.45) is 23.7 Å². The molecule has 2 aromatic carbocycles. The SMILES string of the molecule is C[C@H](C(=O)OCC(=O)Nc1ccc(Oc2ccccc2)cc1)N1C(=O)[C@H]2[C@H](C1=O)[C@H]1C=C[C@H]2C1. The number of amides is 3. The molecule has 1 N–H and O–H groups in total. The highest BCUT2D eigenvalue weighted by Gasteiger charge is 2.60. The zero-order chi connectivity index (χ0) is 23.8. The molecule has 0 unspecified atom stereocenters. The second kappa shape index (κ2) is 8.78. The van der Waals surface area contributed by atoms with Crippen molar-refractivity contribution in [1.82, 2.24) is 4.90 Å². The first-order valence-electron chi connectivity index (χ1n) is 11.3. The third-order valence-electron chi connectivity index (χ3n) is 6.70. The molecule has 174 valence electrons. The van der Waals surface area contributed by atoms with Gasteiger partial charge in [0.15, 0.2) is 6.61 Å². The molecule has 0 aromatic heterocycles. The number of esters is 1. The summed E-state index contributed by atoms with van der Waals surface area (Å²) in [7, 11) is 0. The fourth-order valence-electron chi connectivity index (χ4n) is 5.10. The number of likely N-dealkylation sites (tertiary alicyclic amines) is 1. The number of para-hydroxylation sites is 1. The van der Waals surface area contributed by atoms with Crippen LogP contribution in [0.4, 0.5) is 5.69 Å². The van der Waals surface area contributed by atoms with E-state index in [1.54, 1.807) is 24.3 Å². The van der Waals surface area contributed by atoms with E-state index in [0.29, 0.717) is 17.2 Å². The molecule has 2 bridgehead atoms. The number of rotatable bonds is 7. The van der Waals surface area contributed by atoms with Crippen molar-refractivity contribution in [3.63, 3.8) is 0 Å². The van der Waals surface area contributed by atoms with Crippen LogP contribution in [0.25, 0.3) is 0 Å². The van der Waals surface area contributed by atoms with E-state index in [4.69, 9.17) is 9.47 Å². The lowest BCUT2D eigenvalue weighted by Crippen LogP contribution is -2.45. The van der Waals surface area contributed by atoms with Gasteiger partial charge in [0.2, 0.25) is 11.8 Å². The van der Waals surface area contributed by atoms with Gasteiger partial charge in [-0.1, -0.05) is 30.4 Å². The number of nitrogens with zero attached hydrogens (tertiary/aromatic N) is 1. The number of allylic oxidation sites excluding steroid dienone is 2. The highest BCUT2D eigenvalue weighted by atomic mass is 16.5. The molecule has 8 nitrogen and oxygen atoms in total. The average Bonchev–Trinajstić information content (AvgIpc) is 3.52. The van der Waals surface area contributed by atoms with Gasteiger partial charge >= 0.3 is 5.97 Å². The minimum Gasteiger partial charge on any atom is -0.457 e. The Morgan fingerprint density at radius 1 is 0.941 bits per heavy atom. The maximum atomic E-state index is 12.8. The first-order valence-corrected chi connectivity index (χ1v) is 11.3. The van der Waals surface area contributed by atoms with E-state index in [1.807, 2.05) is 42.5 Å². The van der Waals surface area contributed by atoms with Crippen LogP contribution in [-0.2, 0) is 23.9 Å². The molecule has 5 atom stereocenters. The molecule has 1 aliphatic heterocycles. The van der Waals surface area contributed by atoms with Crippen LogP contribution in [0.3, 0.4) is 0 Å². The van der Waals surface area contributed by atoms with E-state index in [2.05, 4.69) is 5.32 Å². The van der Waals surface area contributed by atoms with Gasteiger partial charge in [-0.2, -0.15) is 0 Å². The zero-order valence-electron chi connectivity index (χ0n) is 18.5. The van der Waals surface area contributed by atoms with Gasteiger partial charge in [0.25, 0.3) is 5.91 Å². The van der Waals surface area contributed by atoms with Crippen LogP contribution >= 0.6 is 0 Å². The van der Waals surface area contributed by atoms with E-state index < -0.39 is 24.5 Å². The third kappa shape index (κ3) is 3.96. The summed E-state index contributed by atoms with van der Waals surface area (Å²) < 4.78 is 10.8. The largest absolute Gasteiger partial charge is 0.457 e. The van der Waals surface area contributed by atoms with E-state index in [1.165, 1.54) is 6.92 Å². The minimum atomic E-state index is -1.08. The van der Waals surface area contributed by atoms with Crippen molar-refractivity contribution in [2.45, 2.75) is 19.4 Å². The summed E-state index contributed by atoms with van der Waals surface area (Å²) in [6.45, 7) is 0.930. The van der Waals surface area contributed by atoms with Gasteiger partial charge in [-0.05, 0) is 61.6 Å². The molecule has 2 aliphatic carbocycles. The van der Waals surface area contributed by atoms with Gasteiger partial charge in [-0.15, -0.1) is 0 Å². The van der Waals surface area contributed by atoms with Crippen LogP contribution in [0.5, 0.6) is 11.5 Å². The number of hydrogen-bond acceptors (Lipinski definition) is 6. The molecule has 34 heavy (non-hydrogen) atoms. The van der Waals surface area contributed by atoms with Crippen molar-refractivity contribution in [3.8, 4) is 11.5 Å². The molecule has 1 saturated heterocycles. The molecule has 2 aromatic rings.